The normalized spacial score (nSPS) is 11.3. The van der Waals surface area contributed by atoms with Crippen molar-refractivity contribution < 1.29 is 9.18 Å². The smallest absolute Gasteiger partial charge is 0.272 e. The second-order valence-corrected chi connectivity index (χ2v) is 7.18. The summed E-state index contributed by atoms with van der Waals surface area (Å²) >= 11 is 0. The van der Waals surface area contributed by atoms with E-state index in [1.807, 2.05) is 43.4 Å². The third-order valence-electron chi connectivity index (χ3n) is 4.55. The van der Waals surface area contributed by atoms with Crippen molar-refractivity contribution in [1.82, 2.24) is 29.8 Å². The number of carbonyl (C=O) groups is 1. The molecule has 3 heterocycles. The summed E-state index contributed by atoms with van der Waals surface area (Å²) in [7, 11) is 3.85. The quantitative estimate of drug-likeness (QED) is 0.529. The SMILES string of the molecule is CN(C)Cc1cc(F)cc(CNC(=O)c2ncn3cc(-c4cn[nH]c4)ccc23)c1. The molecule has 1 aromatic carbocycles. The fraction of sp³-hybridized carbons (Fsp3) is 0.190. The number of fused-ring (bicyclic) bond motifs is 1. The highest BCUT2D eigenvalue weighted by Gasteiger charge is 2.14. The van der Waals surface area contributed by atoms with E-state index in [9.17, 15) is 9.18 Å². The summed E-state index contributed by atoms with van der Waals surface area (Å²) in [5, 5.41) is 9.57. The molecule has 8 heteroatoms. The van der Waals surface area contributed by atoms with Gasteiger partial charge in [0.25, 0.3) is 5.91 Å². The first-order valence-electron chi connectivity index (χ1n) is 9.17. The number of carbonyl (C=O) groups excluding carboxylic acids is 1. The van der Waals surface area contributed by atoms with Crippen LogP contribution in [0, 0.1) is 5.82 Å². The molecule has 0 aliphatic carbocycles. The molecule has 0 aliphatic heterocycles. The molecule has 0 bridgehead atoms. The number of pyridine rings is 1. The van der Waals surface area contributed by atoms with Gasteiger partial charge in [0.1, 0.15) is 12.1 Å². The lowest BCUT2D eigenvalue weighted by Crippen LogP contribution is -2.23. The Morgan fingerprint density at radius 2 is 2.03 bits per heavy atom. The molecule has 1 amide bonds. The zero-order valence-corrected chi connectivity index (χ0v) is 16.2. The molecule has 0 radical (unpaired) electrons. The maximum absolute atomic E-state index is 13.9. The lowest BCUT2D eigenvalue weighted by atomic mass is 10.1. The molecule has 0 spiro atoms. The van der Waals surface area contributed by atoms with Gasteiger partial charge in [-0.2, -0.15) is 5.10 Å². The molecule has 0 saturated carbocycles. The number of aromatic nitrogens is 4. The van der Waals surface area contributed by atoms with Crippen molar-refractivity contribution >= 4 is 11.4 Å². The van der Waals surface area contributed by atoms with Crippen molar-refractivity contribution in [2.24, 2.45) is 0 Å². The molecule has 29 heavy (non-hydrogen) atoms. The number of halogens is 1. The summed E-state index contributed by atoms with van der Waals surface area (Å²) in [5.41, 5.74) is 4.50. The van der Waals surface area contributed by atoms with Crippen LogP contribution in [0.15, 0.2) is 55.2 Å². The van der Waals surface area contributed by atoms with Crippen molar-refractivity contribution in [3.05, 3.63) is 77.9 Å². The van der Waals surface area contributed by atoms with Crippen LogP contribution < -0.4 is 5.32 Å². The maximum atomic E-state index is 13.9. The zero-order chi connectivity index (χ0) is 20.4. The Balaban J connectivity index is 1.50. The molecular weight excluding hydrogens is 371 g/mol. The summed E-state index contributed by atoms with van der Waals surface area (Å²) in [6.07, 6.45) is 7.03. The molecular formula is C21H21FN6O. The number of H-pyrrole nitrogens is 1. The molecule has 0 fully saturated rings. The number of nitrogens with one attached hydrogen (secondary N) is 2. The van der Waals surface area contributed by atoms with Crippen molar-refractivity contribution in [3.8, 4) is 11.1 Å². The van der Waals surface area contributed by atoms with Gasteiger partial charge >= 0.3 is 0 Å². The fourth-order valence-corrected chi connectivity index (χ4v) is 3.30. The second kappa shape index (κ2) is 7.84. The van der Waals surface area contributed by atoms with Crippen LogP contribution in [-0.4, -0.2) is 44.5 Å². The Morgan fingerprint density at radius 3 is 2.79 bits per heavy atom. The number of hydrogen-bond acceptors (Lipinski definition) is 4. The van der Waals surface area contributed by atoms with Crippen LogP contribution in [0.1, 0.15) is 21.6 Å². The first-order valence-corrected chi connectivity index (χ1v) is 9.17. The van der Waals surface area contributed by atoms with Gasteiger partial charge in [0.15, 0.2) is 5.69 Å². The summed E-state index contributed by atoms with van der Waals surface area (Å²) in [4.78, 5) is 18.9. The Kier molecular flexibility index (Phi) is 5.09. The maximum Gasteiger partial charge on any atom is 0.272 e. The lowest BCUT2D eigenvalue weighted by molar-refractivity contribution is 0.0948. The van der Waals surface area contributed by atoms with Crippen LogP contribution in [0.5, 0.6) is 0 Å². The second-order valence-electron chi connectivity index (χ2n) is 7.18. The molecule has 0 saturated heterocycles. The minimum Gasteiger partial charge on any atom is -0.347 e. The third-order valence-corrected chi connectivity index (χ3v) is 4.55. The lowest BCUT2D eigenvalue weighted by Gasteiger charge is -2.12. The molecule has 0 atom stereocenters. The van der Waals surface area contributed by atoms with Gasteiger partial charge in [0, 0.05) is 36.6 Å². The number of amides is 1. The average molecular weight is 392 g/mol. The Labute approximate surface area is 167 Å². The van der Waals surface area contributed by atoms with Gasteiger partial charge in [-0.25, -0.2) is 9.37 Å². The zero-order valence-electron chi connectivity index (χ0n) is 16.2. The number of rotatable bonds is 6. The van der Waals surface area contributed by atoms with E-state index in [1.165, 1.54) is 12.1 Å². The molecule has 3 aromatic heterocycles. The summed E-state index contributed by atoms with van der Waals surface area (Å²) in [5.74, 6) is -0.616. The Hall–Kier alpha value is -3.52. The van der Waals surface area contributed by atoms with E-state index < -0.39 is 0 Å². The van der Waals surface area contributed by atoms with Crippen molar-refractivity contribution in [2.75, 3.05) is 14.1 Å². The van der Waals surface area contributed by atoms with E-state index in [0.29, 0.717) is 23.3 Å². The van der Waals surface area contributed by atoms with Gasteiger partial charge in [0.05, 0.1) is 11.7 Å². The van der Waals surface area contributed by atoms with Gasteiger partial charge in [0.2, 0.25) is 0 Å². The number of nitrogens with zero attached hydrogens (tertiary/aromatic N) is 4. The predicted octanol–water partition coefficient (Wildman–Crippen LogP) is 2.86. The summed E-state index contributed by atoms with van der Waals surface area (Å²) in [6, 6.07) is 8.60. The molecule has 2 N–H and O–H groups in total. The standard InChI is InChI=1S/C21H21FN6O/c1-27(2)11-15-5-14(6-18(22)7-15)8-23-21(29)20-19-4-3-16(12-28(19)13-24-20)17-9-25-26-10-17/h3-7,9-10,12-13H,8,11H2,1-2H3,(H,23,29)(H,25,26). The summed E-state index contributed by atoms with van der Waals surface area (Å²) in [6.45, 7) is 0.854. The third kappa shape index (κ3) is 4.17. The van der Waals surface area contributed by atoms with Gasteiger partial charge in [-0.15, -0.1) is 0 Å². The highest BCUT2D eigenvalue weighted by molar-refractivity contribution is 5.99. The minimum absolute atomic E-state index is 0.225. The van der Waals surface area contributed by atoms with Crippen molar-refractivity contribution in [1.29, 1.82) is 0 Å². The van der Waals surface area contributed by atoms with E-state index in [0.717, 1.165) is 16.7 Å². The van der Waals surface area contributed by atoms with Crippen LogP contribution in [0.4, 0.5) is 4.39 Å². The Morgan fingerprint density at radius 1 is 1.21 bits per heavy atom. The van der Waals surface area contributed by atoms with Crippen molar-refractivity contribution in [2.45, 2.75) is 13.1 Å². The van der Waals surface area contributed by atoms with Gasteiger partial charge in [-0.3, -0.25) is 9.89 Å². The topological polar surface area (TPSA) is 78.3 Å². The van der Waals surface area contributed by atoms with Gasteiger partial charge in [-0.05, 0) is 43.4 Å². The number of hydrogen-bond donors (Lipinski definition) is 2. The van der Waals surface area contributed by atoms with E-state index >= 15 is 0 Å². The minimum atomic E-state index is -0.312. The van der Waals surface area contributed by atoms with E-state index in [-0.39, 0.29) is 18.3 Å². The average Bonchev–Trinajstić information content (AvgIpc) is 3.34. The monoisotopic (exact) mass is 392 g/mol. The van der Waals surface area contributed by atoms with Gasteiger partial charge in [-0.1, -0.05) is 12.1 Å². The molecule has 148 valence electrons. The molecule has 7 nitrogen and oxygen atoms in total. The van der Waals surface area contributed by atoms with E-state index in [1.54, 1.807) is 23.1 Å². The highest BCUT2D eigenvalue weighted by atomic mass is 19.1. The van der Waals surface area contributed by atoms with Crippen LogP contribution in [0.3, 0.4) is 0 Å². The molecule has 0 aliphatic rings. The van der Waals surface area contributed by atoms with Crippen LogP contribution in [0.2, 0.25) is 0 Å². The van der Waals surface area contributed by atoms with Crippen molar-refractivity contribution in [3.63, 3.8) is 0 Å². The number of benzene rings is 1. The predicted molar refractivity (Wildman–Crippen MR) is 108 cm³/mol. The fourth-order valence-electron chi connectivity index (χ4n) is 3.30. The van der Waals surface area contributed by atoms with Gasteiger partial charge < -0.3 is 14.6 Å². The molecule has 4 rings (SSSR count). The first kappa shape index (κ1) is 18.8. The van der Waals surface area contributed by atoms with Crippen LogP contribution in [-0.2, 0) is 13.1 Å². The summed E-state index contributed by atoms with van der Waals surface area (Å²) < 4.78 is 15.7. The van der Waals surface area contributed by atoms with E-state index in [2.05, 4.69) is 20.5 Å². The van der Waals surface area contributed by atoms with Crippen LogP contribution >= 0.6 is 0 Å². The molecule has 4 aromatic rings. The number of aromatic amines is 1. The highest BCUT2D eigenvalue weighted by Crippen LogP contribution is 2.20. The number of imidazole rings is 1. The molecule has 0 unspecified atom stereocenters. The largest absolute Gasteiger partial charge is 0.347 e. The first-order chi connectivity index (χ1) is 14.0. The van der Waals surface area contributed by atoms with Crippen LogP contribution in [0.25, 0.3) is 16.6 Å². The Bertz CT molecular complexity index is 1150. The van der Waals surface area contributed by atoms with E-state index in [4.69, 9.17) is 0 Å².